The summed E-state index contributed by atoms with van der Waals surface area (Å²) in [6.45, 7) is 1.62. The van der Waals surface area contributed by atoms with Crippen molar-refractivity contribution >= 4 is 16.9 Å². The highest BCUT2D eigenvalue weighted by atomic mass is 19.1. The van der Waals surface area contributed by atoms with Gasteiger partial charge in [-0.1, -0.05) is 24.3 Å². The van der Waals surface area contributed by atoms with Crippen molar-refractivity contribution in [1.29, 1.82) is 0 Å². The summed E-state index contributed by atoms with van der Waals surface area (Å²) in [5, 5.41) is 3.45. The molecule has 0 spiro atoms. The van der Waals surface area contributed by atoms with E-state index >= 15 is 0 Å². The molecule has 3 aromatic rings. The number of furan rings is 1. The van der Waals surface area contributed by atoms with Crippen LogP contribution in [-0.2, 0) is 0 Å². The molecule has 0 saturated heterocycles. The van der Waals surface area contributed by atoms with Crippen LogP contribution in [-0.4, -0.2) is 5.91 Å². The Morgan fingerprint density at radius 2 is 1.91 bits per heavy atom. The Labute approximate surface area is 125 Å². The van der Waals surface area contributed by atoms with Crippen molar-refractivity contribution < 1.29 is 18.0 Å². The molecule has 0 aliphatic rings. The van der Waals surface area contributed by atoms with E-state index in [9.17, 15) is 13.6 Å². The number of carbonyl (C=O) groups is 1. The fraction of sp³-hybridized carbons (Fsp3) is 0.118. The van der Waals surface area contributed by atoms with Crippen LogP contribution in [0.15, 0.2) is 52.9 Å². The van der Waals surface area contributed by atoms with Crippen molar-refractivity contribution in [3.63, 3.8) is 0 Å². The monoisotopic (exact) mass is 301 g/mol. The van der Waals surface area contributed by atoms with Gasteiger partial charge in [-0.3, -0.25) is 4.79 Å². The first kappa shape index (κ1) is 14.3. The maximum Gasteiger partial charge on any atom is 0.287 e. The molecule has 0 radical (unpaired) electrons. The average molecular weight is 301 g/mol. The van der Waals surface area contributed by atoms with Gasteiger partial charge in [0.1, 0.15) is 17.2 Å². The number of benzene rings is 2. The summed E-state index contributed by atoms with van der Waals surface area (Å²) in [7, 11) is 0. The molecule has 0 fully saturated rings. The summed E-state index contributed by atoms with van der Waals surface area (Å²) < 4.78 is 32.1. The maximum atomic E-state index is 13.7. The van der Waals surface area contributed by atoms with Gasteiger partial charge in [0.15, 0.2) is 5.76 Å². The second-order valence-corrected chi connectivity index (χ2v) is 5.01. The van der Waals surface area contributed by atoms with Crippen molar-refractivity contribution in [3.05, 3.63) is 71.5 Å². The van der Waals surface area contributed by atoms with E-state index in [1.165, 1.54) is 6.07 Å². The van der Waals surface area contributed by atoms with Gasteiger partial charge in [-0.2, -0.15) is 0 Å². The van der Waals surface area contributed by atoms with E-state index in [0.717, 1.165) is 17.5 Å². The van der Waals surface area contributed by atoms with E-state index in [-0.39, 0.29) is 11.3 Å². The predicted octanol–water partition coefficient (Wildman–Crippen LogP) is 4.20. The largest absolute Gasteiger partial charge is 0.451 e. The molecule has 5 heteroatoms. The van der Waals surface area contributed by atoms with Crippen LogP contribution in [0.4, 0.5) is 8.78 Å². The molecule has 3 rings (SSSR count). The van der Waals surface area contributed by atoms with Crippen LogP contribution < -0.4 is 5.32 Å². The smallest absolute Gasteiger partial charge is 0.287 e. The molecule has 22 heavy (non-hydrogen) atoms. The maximum absolute atomic E-state index is 13.7. The first-order chi connectivity index (χ1) is 10.5. The summed E-state index contributed by atoms with van der Waals surface area (Å²) in [5.74, 6) is -1.66. The Kier molecular flexibility index (Phi) is 3.63. The lowest BCUT2D eigenvalue weighted by Crippen LogP contribution is -2.26. The molecule has 0 bridgehead atoms. The minimum atomic E-state index is -0.697. The second-order valence-electron chi connectivity index (χ2n) is 5.01. The van der Waals surface area contributed by atoms with Gasteiger partial charge in [-0.25, -0.2) is 8.78 Å². The van der Waals surface area contributed by atoms with Gasteiger partial charge in [0.05, 0.1) is 6.04 Å². The van der Waals surface area contributed by atoms with E-state index < -0.39 is 23.6 Å². The average Bonchev–Trinajstić information content (AvgIpc) is 2.91. The quantitative estimate of drug-likeness (QED) is 0.787. The zero-order valence-electron chi connectivity index (χ0n) is 11.8. The highest BCUT2D eigenvalue weighted by Crippen LogP contribution is 2.21. The van der Waals surface area contributed by atoms with Gasteiger partial charge in [0, 0.05) is 17.0 Å². The number of fused-ring (bicyclic) bond motifs is 1. The summed E-state index contributed by atoms with van der Waals surface area (Å²) in [6.07, 6.45) is 0. The molecule has 1 N–H and O–H groups in total. The van der Waals surface area contributed by atoms with Gasteiger partial charge >= 0.3 is 0 Å². The highest BCUT2D eigenvalue weighted by Gasteiger charge is 2.18. The minimum absolute atomic E-state index is 0.149. The molecule has 0 unspecified atom stereocenters. The summed E-state index contributed by atoms with van der Waals surface area (Å²) >= 11 is 0. The lowest BCUT2D eigenvalue weighted by atomic mass is 10.1. The highest BCUT2D eigenvalue weighted by molar-refractivity contribution is 5.96. The fourth-order valence-corrected chi connectivity index (χ4v) is 2.29. The number of rotatable bonds is 3. The molecule has 1 aromatic heterocycles. The Morgan fingerprint density at radius 1 is 1.14 bits per heavy atom. The van der Waals surface area contributed by atoms with Gasteiger partial charge < -0.3 is 9.73 Å². The van der Waals surface area contributed by atoms with E-state index in [1.807, 2.05) is 18.2 Å². The number of nitrogens with one attached hydrogen (secondary N) is 1. The molecule has 0 aliphatic heterocycles. The summed E-state index contributed by atoms with van der Waals surface area (Å²) in [6, 6.07) is 11.5. The van der Waals surface area contributed by atoms with Crippen molar-refractivity contribution in [2.75, 3.05) is 0 Å². The fourth-order valence-electron chi connectivity index (χ4n) is 2.29. The third-order valence-electron chi connectivity index (χ3n) is 3.43. The Bertz CT molecular complexity index is 809. The Morgan fingerprint density at radius 3 is 2.64 bits per heavy atom. The van der Waals surface area contributed by atoms with Crippen LogP contribution in [0, 0.1) is 11.6 Å². The third-order valence-corrected chi connectivity index (χ3v) is 3.43. The topological polar surface area (TPSA) is 42.2 Å². The van der Waals surface area contributed by atoms with Gasteiger partial charge in [0.2, 0.25) is 0 Å². The van der Waals surface area contributed by atoms with Crippen molar-refractivity contribution in [2.24, 2.45) is 0 Å². The van der Waals surface area contributed by atoms with Gasteiger partial charge in [-0.05, 0) is 25.1 Å². The normalized spacial score (nSPS) is 12.3. The standard InChI is InChI=1S/C17H13F2NO2/c1-10(13-7-6-12(18)9-14(13)19)20-17(21)16-8-11-4-2-3-5-15(11)22-16/h2-10H,1H3,(H,20,21)/t10-/m0/s1. The molecule has 1 heterocycles. The summed E-state index contributed by atoms with van der Waals surface area (Å²) in [5.41, 5.74) is 0.819. The molecule has 3 nitrogen and oxygen atoms in total. The van der Waals surface area contributed by atoms with Crippen molar-refractivity contribution in [2.45, 2.75) is 13.0 Å². The Hall–Kier alpha value is -2.69. The van der Waals surface area contributed by atoms with Crippen LogP contribution >= 0.6 is 0 Å². The molecule has 112 valence electrons. The first-order valence-electron chi connectivity index (χ1n) is 6.79. The molecule has 0 saturated carbocycles. The van der Waals surface area contributed by atoms with Crippen molar-refractivity contribution in [1.82, 2.24) is 5.32 Å². The van der Waals surface area contributed by atoms with Crippen LogP contribution in [0.1, 0.15) is 29.1 Å². The number of halogens is 2. The molecular formula is C17H13F2NO2. The second kappa shape index (κ2) is 5.60. The van der Waals surface area contributed by atoms with Gasteiger partial charge in [-0.15, -0.1) is 0 Å². The number of carbonyl (C=O) groups excluding carboxylic acids is 1. The van der Waals surface area contributed by atoms with E-state index in [2.05, 4.69) is 5.32 Å². The van der Waals surface area contributed by atoms with Crippen molar-refractivity contribution in [3.8, 4) is 0 Å². The number of amides is 1. The molecule has 2 aromatic carbocycles. The van der Waals surface area contributed by atoms with E-state index in [4.69, 9.17) is 4.42 Å². The molecule has 1 atom stereocenters. The molecule has 0 aliphatic carbocycles. The van der Waals surface area contributed by atoms with E-state index in [1.54, 1.807) is 19.1 Å². The molecule has 1 amide bonds. The lowest BCUT2D eigenvalue weighted by Gasteiger charge is -2.14. The van der Waals surface area contributed by atoms with Crippen LogP contribution in [0.2, 0.25) is 0 Å². The third kappa shape index (κ3) is 2.70. The first-order valence-corrected chi connectivity index (χ1v) is 6.79. The number of hydrogen-bond acceptors (Lipinski definition) is 2. The number of para-hydroxylation sites is 1. The molecular weight excluding hydrogens is 288 g/mol. The minimum Gasteiger partial charge on any atom is -0.451 e. The zero-order valence-corrected chi connectivity index (χ0v) is 11.8. The van der Waals surface area contributed by atoms with Crippen LogP contribution in [0.5, 0.6) is 0 Å². The Balaban J connectivity index is 1.81. The summed E-state index contributed by atoms with van der Waals surface area (Å²) in [4.78, 5) is 12.2. The van der Waals surface area contributed by atoms with Crippen LogP contribution in [0.25, 0.3) is 11.0 Å². The zero-order chi connectivity index (χ0) is 15.7. The predicted molar refractivity (Wildman–Crippen MR) is 78.5 cm³/mol. The van der Waals surface area contributed by atoms with Gasteiger partial charge in [0.25, 0.3) is 5.91 Å². The SMILES string of the molecule is C[C@H](NC(=O)c1cc2ccccc2o1)c1ccc(F)cc1F. The lowest BCUT2D eigenvalue weighted by molar-refractivity contribution is 0.0913. The number of hydrogen-bond donors (Lipinski definition) is 1. The van der Waals surface area contributed by atoms with Crippen LogP contribution in [0.3, 0.4) is 0 Å². The van der Waals surface area contributed by atoms with E-state index in [0.29, 0.717) is 5.58 Å².